The Balaban J connectivity index is 1.80. The molecular weight excluding hydrogens is 374 g/mol. The molecule has 1 aliphatic rings. The first-order valence-corrected chi connectivity index (χ1v) is 9.22. The predicted octanol–water partition coefficient (Wildman–Crippen LogP) is 5.06. The molecule has 0 aromatic heterocycles. The van der Waals surface area contributed by atoms with Crippen molar-refractivity contribution >= 4 is 51.9 Å². The van der Waals surface area contributed by atoms with Gasteiger partial charge in [0.2, 0.25) is 0 Å². The third-order valence-corrected chi connectivity index (χ3v) is 5.48. The van der Waals surface area contributed by atoms with E-state index in [4.69, 9.17) is 28.6 Å². The largest absolute Gasteiger partial charge is 0.495 e. The van der Waals surface area contributed by atoms with Crippen LogP contribution in [0.5, 0.6) is 5.75 Å². The summed E-state index contributed by atoms with van der Waals surface area (Å²) in [6, 6.07) is 13.5. The molecule has 0 N–H and O–H groups in total. The van der Waals surface area contributed by atoms with Crippen molar-refractivity contribution in [2.24, 2.45) is 0 Å². The lowest BCUT2D eigenvalue weighted by atomic mass is 10.1. The molecule has 0 radical (unpaired) electrons. The van der Waals surface area contributed by atoms with Gasteiger partial charge in [-0.3, -0.25) is 9.69 Å². The van der Waals surface area contributed by atoms with Gasteiger partial charge in [-0.05, 0) is 36.3 Å². The normalized spacial score (nSPS) is 16.0. The van der Waals surface area contributed by atoms with E-state index in [-0.39, 0.29) is 5.91 Å². The first kappa shape index (κ1) is 18.0. The van der Waals surface area contributed by atoms with Gasteiger partial charge in [0, 0.05) is 0 Å². The van der Waals surface area contributed by atoms with Crippen molar-refractivity contribution in [3.63, 3.8) is 0 Å². The van der Waals surface area contributed by atoms with Crippen LogP contribution in [0, 0.1) is 6.92 Å². The van der Waals surface area contributed by atoms with E-state index in [0.717, 1.165) is 11.1 Å². The zero-order valence-electron chi connectivity index (χ0n) is 13.8. The smallest absolute Gasteiger partial charge is 0.266 e. The number of aryl methyl sites for hydroxylation is 1. The summed E-state index contributed by atoms with van der Waals surface area (Å²) < 4.78 is 5.71. The van der Waals surface area contributed by atoms with Crippen molar-refractivity contribution in [2.75, 3.05) is 7.11 Å². The number of thiocarbonyl (C=S) groups is 1. The van der Waals surface area contributed by atoms with Crippen molar-refractivity contribution < 1.29 is 9.53 Å². The van der Waals surface area contributed by atoms with Crippen LogP contribution in [0.2, 0.25) is 5.02 Å². The standard InChI is InChI=1S/C19H16ClNO2S2/c1-12-3-5-13(6-4-12)11-21-18(22)17(25-19(21)24)10-14-7-8-16(23-2)15(20)9-14/h3-10H,11H2,1-2H3. The zero-order chi connectivity index (χ0) is 18.0. The van der Waals surface area contributed by atoms with E-state index in [9.17, 15) is 4.79 Å². The Morgan fingerprint density at radius 2 is 1.96 bits per heavy atom. The van der Waals surface area contributed by atoms with Gasteiger partial charge in [-0.25, -0.2) is 0 Å². The van der Waals surface area contributed by atoms with Gasteiger partial charge in [0.05, 0.1) is 23.6 Å². The van der Waals surface area contributed by atoms with Crippen LogP contribution in [0.15, 0.2) is 47.4 Å². The molecule has 0 aliphatic carbocycles. The molecule has 0 unspecified atom stereocenters. The van der Waals surface area contributed by atoms with Gasteiger partial charge >= 0.3 is 0 Å². The van der Waals surface area contributed by atoms with Gasteiger partial charge in [0.25, 0.3) is 5.91 Å². The fourth-order valence-electron chi connectivity index (χ4n) is 2.44. The van der Waals surface area contributed by atoms with Gasteiger partial charge in [-0.15, -0.1) is 0 Å². The monoisotopic (exact) mass is 389 g/mol. The molecule has 3 nitrogen and oxygen atoms in total. The maximum Gasteiger partial charge on any atom is 0.266 e. The SMILES string of the molecule is COc1ccc(C=C2SC(=S)N(Cc3ccc(C)cc3)C2=O)cc1Cl. The minimum Gasteiger partial charge on any atom is -0.495 e. The summed E-state index contributed by atoms with van der Waals surface area (Å²) in [7, 11) is 1.57. The third-order valence-electron chi connectivity index (χ3n) is 3.81. The molecule has 3 rings (SSSR count). The van der Waals surface area contributed by atoms with Gasteiger partial charge in [-0.2, -0.15) is 0 Å². The minimum absolute atomic E-state index is 0.0810. The third kappa shape index (κ3) is 4.06. The number of benzene rings is 2. The van der Waals surface area contributed by atoms with Crippen molar-refractivity contribution in [3.05, 3.63) is 69.1 Å². The predicted molar refractivity (Wildman–Crippen MR) is 108 cm³/mol. The Kier molecular flexibility index (Phi) is 5.47. The highest BCUT2D eigenvalue weighted by Gasteiger charge is 2.31. The molecule has 1 heterocycles. The Morgan fingerprint density at radius 3 is 2.60 bits per heavy atom. The van der Waals surface area contributed by atoms with Crippen LogP contribution in [0.1, 0.15) is 16.7 Å². The summed E-state index contributed by atoms with van der Waals surface area (Å²) in [6.07, 6.45) is 1.81. The van der Waals surface area contributed by atoms with Gasteiger partial charge in [0.1, 0.15) is 10.1 Å². The first-order valence-electron chi connectivity index (χ1n) is 7.62. The molecule has 128 valence electrons. The number of methoxy groups -OCH3 is 1. The molecule has 1 amide bonds. The molecule has 2 aromatic carbocycles. The zero-order valence-corrected chi connectivity index (χ0v) is 16.2. The van der Waals surface area contributed by atoms with E-state index < -0.39 is 0 Å². The second-order valence-electron chi connectivity index (χ2n) is 5.65. The van der Waals surface area contributed by atoms with Crippen molar-refractivity contribution in [1.29, 1.82) is 0 Å². The van der Waals surface area contributed by atoms with Crippen LogP contribution in [0.25, 0.3) is 6.08 Å². The second kappa shape index (κ2) is 7.60. The lowest BCUT2D eigenvalue weighted by Crippen LogP contribution is -2.27. The number of rotatable bonds is 4. The number of ether oxygens (including phenoxy) is 1. The number of halogens is 1. The van der Waals surface area contributed by atoms with Crippen molar-refractivity contribution in [2.45, 2.75) is 13.5 Å². The van der Waals surface area contributed by atoms with Crippen molar-refractivity contribution in [3.8, 4) is 5.75 Å². The van der Waals surface area contributed by atoms with E-state index in [1.165, 1.54) is 17.3 Å². The summed E-state index contributed by atoms with van der Waals surface area (Å²) in [5, 5.41) is 0.506. The lowest BCUT2D eigenvalue weighted by Gasteiger charge is -2.14. The fraction of sp³-hybridized carbons (Fsp3) is 0.158. The highest BCUT2D eigenvalue weighted by atomic mass is 35.5. The van der Waals surface area contributed by atoms with Crippen LogP contribution >= 0.6 is 35.6 Å². The molecule has 2 aromatic rings. The summed E-state index contributed by atoms with van der Waals surface area (Å²) in [4.78, 5) is 14.9. The van der Waals surface area contributed by atoms with E-state index in [1.54, 1.807) is 30.2 Å². The van der Waals surface area contributed by atoms with E-state index in [0.29, 0.717) is 26.5 Å². The molecule has 0 spiro atoms. The highest BCUT2D eigenvalue weighted by Crippen LogP contribution is 2.34. The summed E-state index contributed by atoms with van der Waals surface area (Å²) in [6.45, 7) is 2.51. The molecule has 25 heavy (non-hydrogen) atoms. The molecule has 0 atom stereocenters. The maximum atomic E-state index is 12.7. The molecule has 1 saturated heterocycles. The molecule has 1 aliphatic heterocycles. The van der Waals surface area contributed by atoms with Gasteiger partial charge in [0.15, 0.2) is 0 Å². The van der Waals surface area contributed by atoms with Crippen molar-refractivity contribution in [1.82, 2.24) is 4.90 Å². The molecule has 6 heteroatoms. The quantitative estimate of drug-likeness (QED) is 0.540. The molecular formula is C19H16ClNO2S2. The Bertz CT molecular complexity index is 862. The number of carbonyl (C=O) groups is 1. The lowest BCUT2D eigenvalue weighted by molar-refractivity contribution is -0.122. The van der Waals surface area contributed by atoms with Gasteiger partial charge in [-0.1, -0.05) is 71.5 Å². The average Bonchev–Trinajstić information content (AvgIpc) is 2.84. The molecule has 1 fully saturated rings. The summed E-state index contributed by atoms with van der Waals surface area (Å²) in [5.74, 6) is 0.522. The Morgan fingerprint density at radius 1 is 1.24 bits per heavy atom. The fourth-order valence-corrected chi connectivity index (χ4v) is 3.96. The van der Waals surface area contributed by atoms with Crippen LogP contribution in [-0.2, 0) is 11.3 Å². The number of hydrogen-bond donors (Lipinski definition) is 0. The first-order chi connectivity index (χ1) is 12.0. The van der Waals surface area contributed by atoms with E-state index in [1.807, 2.05) is 37.3 Å². The maximum absolute atomic E-state index is 12.7. The number of carbonyl (C=O) groups excluding carboxylic acids is 1. The minimum atomic E-state index is -0.0810. The average molecular weight is 390 g/mol. The number of thioether (sulfide) groups is 1. The Labute approximate surface area is 161 Å². The van der Waals surface area contributed by atoms with Crippen LogP contribution in [0.4, 0.5) is 0 Å². The van der Waals surface area contributed by atoms with E-state index in [2.05, 4.69) is 0 Å². The second-order valence-corrected chi connectivity index (χ2v) is 7.73. The summed E-state index contributed by atoms with van der Waals surface area (Å²) >= 11 is 12.8. The highest BCUT2D eigenvalue weighted by molar-refractivity contribution is 8.26. The molecule has 0 saturated carbocycles. The van der Waals surface area contributed by atoms with Gasteiger partial charge < -0.3 is 4.74 Å². The number of amides is 1. The molecule has 0 bridgehead atoms. The summed E-state index contributed by atoms with van der Waals surface area (Å²) in [5.41, 5.74) is 3.07. The van der Waals surface area contributed by atoms with Crippen LogP contribution < -0.4 is 4.74 Å². The topological polar surface area (TPSA) is 29.5 Å². The van der Waals surface area contributed by atoms with Crippen LogP contribution in [-0.4, -0.2) is 22.2 Å². The number of hydrogen-bond acceptors (Lipinski definition) is 4. The number of nitrogens with zero attached hydrogens (tertiary/aromatic N) is 1. The van der Waals surface area contributed by atoms with Crippen LogP contribution in [0.3, 0.4) is 0 Å². The van der Waals surface area contributed by atoms with E-state index >= 15 is 0 Å². The Hall–Kier alpha value is -1.82.